The molecule has 2 unspecified atom stereocenters. The number of imidazole rings is 1. The van der Waals surface area contributed by atoms with Gasteiger partial charge < -0.3 is 18.6 Å². The summed E-state index contributed by atoms with van der Waals surface area (Å²) in [6.45, 7) is 5.74. The molecule has 3 aliphatic rings. The van der Waals surface area contributed by atoms with Gasteiger partial charge in [0.15, 0.2) is 5.65 Å². The first-order valence-electron chi connectivity index (χ1n) is 14.5. The van der Waals surface area contributed by atoms with Crippen molar-refractivity contribution in [2.75, 3.05) is 24.7 Å². The summed E-state index contributed by atoms with van der Waals surface area (Å²) >= 11 is 6.46. The van der Waals surface area contributed by atoms with E-state index < -0.39 is 5.76 Å². The lowest BCUT2D eigenvalue weighted by Crippen LogP contribution is -2.50. The van der Waals surface area contributed by atoms with E-state index in [0.717, 1.165) is 62.1 Å². The number of aromatic nitrogens is 6. The van der Waals surface area contributed by atoms with Crippen LogP contribution in [0, 0.1) is 17.8 Å². The molecule has 7 rings (SSSR count). The molecular weight excluding hydrogens is 530 g/mol. The predicted molar refractivity (Wildman–Crippen MR) is 152 cm³/mol. The molecule has 4 aromatic rings. The Bertz CT molecular complexity index is 1570. The number of H-pyrrole nitrogens is 1. The molecular formula is C29H34ClN7O3. The van der Waals surface area contributed by atoms with Gasteiger partial charge >= 0.3 is 5.76 Å². The number of ether oxygens (including phenoxy) is 1. The number of aromatic amines is 1. The van der Waals surface area contributed by atoms with Gasteiger partial charge in [-0.2, -0.15) is 4.98 Å². The van der Waals surface area contributed by atoms with Crippen molar-refractivity contribution in [3.05, 3.63) is 39.8 Å². The molecule has 0 radical (unpaired) electrons. The van der Waals surface area contributed by atoms with Gasteiger partial charge in [-0.1, -0.05) is 43.5 Å². The smallest absolute Gasteiger partial charge is 0.384 e. The second-order valence-electron chi connectivity index (χ2n) is 11.7. The largest absolute Gasteiger partial charge is 0.434 e. The summed E-state index contributed by atoms with van der Waals surface area (Å²) in [7, 11) is 0. The number of piperidine rings is 1. The molecule has 0 amide bonds. The Morgan fingerprint density at radius 2 is 1.98 bits per heavy atom. The van der Waals surface area contributed by atoms with Crippen LogP contribution < -0.4 is 10.7 Å². The first kappa shape index (κ1) is 25.7. The molecule has 2 saturated heterocycles. The molecule has 11 heteroatoms. The number of hydrogen-bond donors (Lipinski definition) is 1. The van der Waals surface area contributed by atoms with Gasteiger partial charge in [0.1, 0.15) is 11.2 Å². The maximum Gasteiger partial charge on any atom is 0.434 e. The van der Waals surface area contributed by atoms with Gasteiger partial charge in [-0.15, -0.1) is 5.10 Å². The summed E-state index contributed by atoms with van der Waals surface area (Å²) in [5, 5.41) is 6.94. The average molecular weight is 564 g/mol. The van der Waals surface area contributed by atoms with E-state index in [9.17, 15) is 4.79 Å². The van der Waals surface area contributed by atoms with Crippen molar-refractivity contribution in [3.8, 4) is 23.0 Å². The van der Waals surface area contributed by atoms with Crippen molar-refractivity contribution in [2.45, 2.75) is 64.5 Å². The summed E-state index contributed by atoms with van der Waals surface area (Å²) in [5.41, 5.74) is 3.01. The van der Waals surface area contributed by atoms with Crippen LogP contribution in [0.15, 0.2) is 33.5 Å². The molecule has 5 heterocycles. The lowest BCUT2D eigenvalue weighted by molar-refractivity contribution is 0.0278. The van der Waals surface area contributed by atoms with Gasteiger partial charge in [0.25, 0.3) is 5.89 Å². The quantitative estimate of drug-likeness (QED) is 0.347. The van der Waals surface area contributed by atoms with Crippen LogP contribution in [0.1, 0.15) is 51.9 Å². The summed E-state index contributed by atoms with van der Waals surface area (Å²) in [5.74, 6) is 2.37. The highest BCUT2D eigenvalue weighted by atomic mass is 35.5. The monoisotopic (exact) mass is 563 g/mol. The summed E-state index contributed by atoms with van der Waals surface area (Å²) in [4.78, 5) is 29.2. The molecule has 1 aliphatic carbocycles. The molecule has 1 aromatic carbocycles. The van der Waals surface area contributed by atoms with Gasteiger partial charge in [0.05, 0.1) is 6.61 Å². The highest BCUT2D eigenvalue weighted by molar-refractivity contribution is 6.30. The fourth-order valence-electron chi connectivity index (χ4n) is 6.85. The van der Waals surface area contributed by atoms with E-state index in [1.54, 1.807) is 0 Å². The SMILES string of the molecule is C[C@H]1CC[C@H](Cn2c(N3CCCC4COCCC43)nc3nc(-c4n[nH]c(=O)o4)nc(-c4cccc(Cl)c4)c32)CC1. The maximum absolute atomic E-state index is 11.8. The van der Waals surface area contributed by atoms with Crippen LogP contribution >= 0.6 is 11.6 Å². The Kier molecular flexibility index (Phi) is 6.83. The number of hydrogen-bond acceptors (Lipinski definition) is 8. The summed E-state index contributed by atoms with van der Waals surface area (Å²) < 4.78 is 13.5. The molecule has 1 saturated carbocycles. The Hall–Kier alpha value is -3.24. The number of halogens is 1. The third kappa shape index (κ3) is 4.81. The van der Waals surface area contributed by atoms with Crippen molar-refractivity contribution >= 4 is 28.7 Å². The number of nitrogens with zero attached hydrogens (tertiary/aromatic N) is 6. The Morgan fingerprint density at radius 1 is 1.10 bits per heavy atom. The topological polar surface area (TPSA) is 115 Å². The van der Waals surface area contributed by atoms with Crippen molar-refractivity contribution in [2.24, 2.45) is 17.8 Å². The lowest BCUT2D eigenvalue weighted by atomic mass is 9.83. The van der Waals surface area contributed by atoms with Gasteiger partial charge in [0.2, 0.25) is 11.8 Å². The molecule has 0 bridgehead atoms. The second-order valence-corrected chi connectivity index (χ2v) is 12.1. The minimum atomic E-state index is -0.653. The van der Waals surface area contributed by atoms with Crippen LogP contribution in [-0.2, 0) is 11.3 Å². The van der Waals surface area contributed by atoms with Crippen LogP contribution in [0.4, 0.5) is 5.95 Å². The van der Waals surface area contributed by atoms with E-state index in [4.69, 9.17) is 35.7 Å². The predicted octanol–water partition coefficient (Wildman–Crippen LogP) is 5.32. The number of fused-ring (bicyclic) bond motifs is 2. The minimum absolute atomic E-state index is 0.0370. The molecule has 3 aromatic heterocycles. The van der Waals surface area contributed by atoms with Gasteiger partial charge in [-0.25, -0.2) is 19.9 Å². The van der Waals surface area contributed by atoms with Gasteiger partial charge in [0, 0.05) is 42.2 Å². The summed E-state index contributed by atoms with van der Waals surface area (Å²) in [6, 6.07) is 8.05. The van der Waals surface area contributed by atoms with Crippen LogP contribution in [0.3, 0.4) is 0 Å². The van der Waals surface area contributed by atoms with E-state index in [0.29, 0.717) is 34.2 Å². The van der Waals surface area contributed by atoms with Crippen LogP contribution in [0.25, 0.3) is 34.1 Å². The zero-order valence-corrected chi connectivity index (χ0v) is 23.4. The molecule has 40 heavy (non-hydrogen) atoms. The lowest BCUT2D eigenvalue weighted by Gasteiger charge is -2.44. The highest BCUT2D eigenvalue weighted by Crippen LogP contribution is 2.39. The van der Waals surface area contributed by atoms with E-state index in [1.165, 1.54) is 32.1 Å². The molecule has 0 spiro atoms. The Morgan fingerprint density at radius 3 is 2.77 bits per heavy atom. The average Bonchev–Trinajstić information content (AvgIpc) is 3.57. The molecule has 3 fully saturated rings. The fraction of sp³-hybridized carbons (Fsp3) is 0.552. The van der Waals surface area contributed by atoms with E-state index in [1.807, 2.05) is 24.3 Å². The molecule has 2 aliphatic heterocycles. The standard InChI is InChI=1S/C29H34ClN7O3/c1-17-7-9-18(10-8-17)15-37-24-23(19-4-2-6-21(30)14-19)31-26(27-34-35-29(38)40-27)32-25(24)33-28(37)36-12-3-5-20-16-39-13-11-22(20)36/h2,4,6,14,17-18,20,22H,3,5,7-13,15-16H2,1H3,(H,35,38)/t17-,18-,20?,22?. The minimum Gasteiger partial charge on any atom is -0.384 e. The third-order valence-corrected chi connectivity index (χ3v) is 9.19. The van der Waals surface area contributed by atoms with Crippen LogP contribution in [0.5, 0.6) is 0 Å². The Balaban J connectivity index is 1.44. The number of rotatable bonds is 5. The maximum atomic E-state index is 11.8. The zero-order chi connectivity index (χ0) is 27.2. The van der Waals surface area contributed by atoms with Crippen molar-refractivity contribution in [1.82, 2.24) is 29.7 Å². The number of benzene rings is 1. The zero-order valence-electron chi connectivity index (χ0n) is 22.7. The Labute approximate surface area is 237 Å². The summed E-state index contributed by atoms with van der Waals surface area (Å²) in [6.07, 6.45) is 8.17. The normalized spacial score (nSPS) is 25.3. The third-order valence-electron chi connectivity index (χ3n) is 8.95. The molecule has 10 nitrogen and oxygen atoms in total. The fourth-order valence-corrected chi connectivity index (χ4v) is 7.04. The van der Waals surface area contributed by atoms with Gasteiger partial charge in [-0.3, -0.25) is 0 Å². The van der Waals surface area contributed by atoms with Gasteiger partial charge in [-0.05, 0) is 56.1 Å². The van der Waals surface area contributed by atoms with Crippen molar-refractivity contribution in [3.63, 3.8) is 0 Å². The van der Waals surface area contributed by atoms with Crippen molar-refractivity contribution < 1.29 is 9.15 Å². The number of anilines is 1. The van der Waals surface area contributed by atoms with Crippen LogP contribution in [-0.4, -0.2) is 55.5 Å². The van der Waals surface area contributed by atoms with E-state index in [2.05, 4.69) is 26.6 Å². The van der Waals surface area contributed by atoms with Crippen LogP contribution in [0.2, 0.25) is 5.02 Å². The second kappa shape index (κ2) is 10.6. The van der Waals surface area contributed by atoms with E-state index in [-0.39, 0.29) is 11.7 Å². The molecule has 210 valence electrons. The highest BCUT2D eigenvalue weighted by Gasteiger charge is 2.37. The van der Waals surface area contributed by atoms with Crippen molar-refractivity contribution in [1.29, 1.82) is 0 Å². The first-order chi connectivity index (χ1) is 19.5. The molecule has 1 N–H and O–H groups in total. The number of nitrogens with one attached hydrogen (secondary N) is 1. The van der Waals surface area contributed by atoms with E-state index >= 15 is 0 Å². The first-order valence-corrected chi connectivity index (χ1v) is 14.9. The molecule has 2 atom stereocenters.